The minimum Gasteiger partial charge on any atom is -0.479 e. The molecule has 0 aliphatic carbocycles. The van der Waals surface area contributed by atoms with Crippen molar-refractivity contribution in [2.45, 2.75) is 19.1 Å². The van der Waals surface area contributed by atoms with E-state index >= 15 is 0 Å². The minimum absolute atomic E-state index is 0.138. The van der Waals surface area contributed by atoms with Gasteiger partial charge in [0.25, 0.3) is 5.56 Å². The number of rotatable bonds is 3. The zero-order valence-corrected chi connectivity index (χ0v) is 9.99. The number of carboxylic acid groups (broad SMARTS) is 1. The topological polar surface area (TPSA) is 124 Å². The van der Waals surface area contributed by atoms with Crippen molar-refractivity contribution in [2.24, 2.45) is 0 Å². The second-order valence-electron chi connectivity index (χ2n) is 4.16. The van der Waals surface area contributed by atoms with Crippen molar-refractivity contribution < 1.29 is 20.1 Å². The Morgan fingerprint density at radius 3 is 2.68 bits per heavy atom. The van der Waals surface area contributed by atoms with Crippen LogP contribution in [0.25, 0.3) is 10.9 Å². The number of fused-ring (bicyclic) bond motifs is 1. The number of carbonyl (C=O) groups is 1. The number of hydrogen-bond acceptors (Lipinski definition) is 5. The molecule has 2 aromatic rings. The first-order valence-electron chi connectivity index (χ1n) is 5.49. The average Bonchev–Trinajstić information content (AvgIpc) is 2.36. The molecule has 0 saturated carbocycles. The largest absolute Gasteiger partial charge is 0.479 e. The van der Waals surface area contributed by atoms with Crippen molar-refractivity contribution in [2.75, 3.05) is 0 Å². The first-order chi connectivity index (χ1) is 8.90. The Balaban J connectivity index is 2.53. The maximum absolute atomic E-state index is 11.7. The second kappa shape index (κ2) is 4.79. The molecule has 7 heteroatoms. The van der Waals surface area contributed by atoms with E-state index in [-0.39, 0.29) is 16.5 Å². The van der Waals surface area contributed by atoms with Crippen molar-refractivity contribution in [3.8, 4) is 0 Å². The average molecular weight is 264 g/mol. The van der Waals surface area contributed by atoms with Gasteiger partial charge in [-0.2, -0.15) is 0 Å². The Morgan fingerprint density at radius 2 is 2.05 bits per heavy atom. The molecule has 19 heavy (non-hydrogen) atoms. The Labute approximate surface area is 107 Å². The molecule has 0 bridgehead atoms. The summed E-state index contributed by atoms with van der Waals surface area (Å²) in [4.78, 5) is 28.9. The molecule has 1 aromatic heterocycles. The zero-order chi connectivity index (χ0) is 14.2. The quantitative estimate of drug-likeness (QED) is 0.604. The number of nitrogens with one attached hydrogen (secondary N) is 1. The summed E-state index contributed by atoms with van der Waals surface area (Å²) >= 11 is 0. The van der Waals surface area contributed by atoms with Gasteiger partial charge in [0.05, 0.1) is 10.9 Å². The maximum atomic E-state index is 11.7. The highest BCUT2D eigenvalue weighted by Gasteiger charge is 2.25. The van der Waals surface area contributed by atoms with Crippen LogP contribution in [0.2, 0.25) is 0 Å². The highest BCUT2D eigenvalue weighted by Crippen LogP contribution is 2.20. The third-order valence-corrected chi connectivity index (χ3v) is 2.74. The van der Waals surface area contributed by atoms with Crippen molar-refractivity contribution in [1.29, 1.82) is 0 Å². The lowest BCUT2D eigenvalue weighted by Crippen LogP contribution is -2.27. The van der Waals surface area contributed by atoms with E-state index in [1.54, 1.807) is 6.92 Å². The number of hydrogen-bond donors (Lipinski definition) is 4. The third kappa shape index (κ3) is 2.47. The van der Waals surface area contributed by atoms with E-state index in [1.165, 1.54) is 18.2 Å². The summed E-state index contributed by atoms with van der Waals surface area (Å²) in [5.41, 5.74) is 0.182. The molecule has 2 unspecified atom stereocenters. The van der Waals surface area contributed by atoms with Gasteiger partial charge in [-0.3, -0.25) is 4.79 Å². The predicted octanol–water partition coefficient (Wildman–Crippen LogP) is -0.290. The van der Waals surface area contributed by atoms with Crippen LogP contribution in [-0.2, 0) is 4.79 Å². The van der Waals surface area contributed by atoms with Crippen LogP contribution in [0, 0.1) is 6.92 Å². The fourth-order valence-electron chi connectivity index (χ4n) is 1.77. The van der Waals surface area contributed by atoms with Crippen LogP contribution in [-0.4, -0.2) is 37.4 Å². The number of aromatic amines is 1. The molecule has 2 rings (SSSR count). The standard InChI is InChI=1S/C12H12N2O5/c1-5-13-8-3-2-6(4-7(8)11(17)14-5)9(15)10(16)12(18)19/h2-4,9-10,15-16H,1H3,(H,18,19)(H,13,14,17). The summed E-state index contributed by atoms with van der Waals surface area (Å²) in [7, 11) is 0. The predicted molar refractivity (Wildman–Crippen MR) is 65.7 cm³/mol. The highest BCUT2D eigenvalue weighted by atomic mass is 16.4. The molecule has 1 heterocycles. The molecular weight excluding hydrogens is 252 g/mol. The van der Waals surface area contributed by atoms with Crippen molar-refractivity contribution in [1.82, 2.24) is 9.97 Å². The number of aryl methyl sites for hydroxylation is 1. The molecule has 0 amide bonds. The first kappa shape index (κ1) is 13.2. The highest BCUT2D eigenvalue weighted by molar-refractivity contribution is 5.79. The Hall–Kier alpha value is -2.25. The number of aliphatic hydroxyl groups excluding tert-OH is 2. The fourth-order valence-corrected chi connectivity index (χ4v) is 1.77. The number of carboxylic acids is 1. The Morgan fingerprint density at radius 1 is 1.37 bits per heavy atom. The lowest BCUT2D eigenvalue weighted by molar-refractivity contribution is -0.153. The van der Waals surface area contributed by atoms with Gasteiger partial charge in [0.2, 0.25) is 0 Å². The zero-order valence-electron chi connectivity index (χ0n) is 9.99. The molecule has 0 aliphatic heterocycles. The van der Waals surface area contributed by atoms with E-state index in [1.807, 2.05) is 0 Å². The van der Waals surface area contributed by atoms with E-state index in [9.17, 15) is 19.8 Å². The lowest BCUT2D eigenvalue weighted by Gasteiger charge is -2.14. The van der Waals surface area contributed by atoms with Crippen LogP contribution in [0.15, 0.2) is 23.0 Å². The number of H-pyrrole nitrogens is 1. The number of aliphatic hydroxyl groups is 2. The molecule has 0 radical (unpaired) electrons. The van der Waals surface area contributed by atoms with Crippen molar-refractivity contribution in [3.63, 3.8) is 0 Å². The van der Waals surface area contributed by atoms with Gasteiger partial charge in [-0.25, -0.2) is 9.78 Å². The smallest absolute Gasteiger partial charge is 0.335 e. The molecule has 1 aromatic carbocycles. The molecular formula is C12H12N2O5. The van der Waals surface area contributed by atoms with Gasteiger partial charge in [-0.05, 0) is 24.6 Å². The molecule has 0 fully saturated rings. The number of nitrogens with zero attached hydrogens (tertiary/aromatic N) is 1. The summed E-state index contributed by atoms with van der Waals surface area (Å²) in [6.45, 7) is 1.64. The molecule has 2 atom stereocenters. The van der Waals surface area contributed by atoms with Crippen LogP contribution >= 0.6 is 0 Å². The molecule has 0 spiro atoms. The van der Waals surface area contributed by atoms with Crippen LogP contribution < -0.4 is 5.56 Å². The Bertz CT molecular complexity index is 694. The third-order valence-electron chi connectivity index (χ3n) is 2.74. The number of aromatic nitrogens is 2. The maximum Gasteiger partial charge on any atom is 0.335 e. The van der Waals surface area contributed by atoms with Crippen molar-refractivity contribution >= 4 is 16.9 Å². The number of benzene rings is 1. The summed E-state index contributed by atoms with van der Waals surface area (Å²) in [6.07, 6.45) is -3.56. The van der Waals surface area contributed by atoms with Gasteiger partial charge in [0, 0.05) is 0 Å². The van der Waals surface area contributed by atoms with E-state index < -0.39 is 18.2 Å². The van der Waals surface area contributed by atoms with Crippen LogP contribution in [0.1, 0.15) is 17.5 Å². The molecule has 100 valence electrons. The van der Waals surface area contributed by atoms with Crippen molar-refractivity contribution in [3.05, 3.63) is 39.9 Å². The monoisotopic (exact) mass is 264 g/mol. The van der Waals surface area contributed by atoms with Crippen LogP contribution in [0.5, 0.6) is 0 Å². The van der Waals surface area contributed by atoms with Gasteiger partial charge in [0.1, 0.15) is 11.9 Å². The van der Waals surface area contributed by atoms with E-state index in [2.05, 4.69) is 9.97 Å². The van der Waals surface area contributed by atoms with Gasteiger partial charge >= 0.3 is 5.97 Å². The van der Waals surface area contributed by atoms with Gasteiger partial charge in [0.15, 0.2) is 6.10 Å². The fraction of sp³-hybridized carbons (Fsp3) is 0.250. The van der Waals surface area contributed by atoms with Gasteiger partial charge in [-0.1, -0.05) is 6.07 Å². The van der Waals surface area contributed by atoms with E-state index in [4.69, 9.17) is 5.11 Å². The normalized spacial score (nSPS) is 14.3. The van der Waals surface area contributed by atoms with Gasteiger partial charge in [-0.15, -0.1) is 0 Å². The SMILES string of the molecule is Cc1nc2ccc(C(O)C(O)C(=O)O)cc2c(=O)[nH]1. The summed E-state index contributed by atoms with van der Waals surface area (Å²) in [5.74, 6) is -1.08. The second-order valence-corrected chi connectivity index (χ2v) is 4.16. The van der Waals surface area contributed by atoms with Crippen LogP contribution in [0.3, 0.4) is 0 Å². The molecule has 0 aliphatic rings. The lowest BCUT2D eigenvalue weighted by atomic mass is 10.0. The van der Waals surface area contributed by atoms with E-state index in [0.29, 0.717) is 11.3 Å². The molecule has 7 nitrogen and oxygen atoms in total. The summed E-state index contributed by atoms with van der Waals surface area (Å²) in [6, 6.07) is 4.23. The molecule has 0 saturated heterocycles. The minimum atomic E-state index is -1.95. The van der Waals surface area contributed by atoms with Gasteiger partial charge < -0.3 is 20.3 Å². The molecule has 4 N–H and O–H groups in total. The Kier molecular flexibility index (Phi) is 3.32. The van der Waals surface area contributed by atoms with E-state index in [0.717, 1.165) is 0 Å². The first-order valence-corrected chi connectivity index (χ1v) is 5.49. The summed E-state index contributed by atoms with van der Waals surface area (Å²) in [5, 5.41) is 27.8. The summed E-state index contributed by atoms with van der Waals surface area (Å²) < 4.78 is 0. The number of aliphatic carboxylic acids is 1. The van der Waals surface area contributed by atoms with Crippen LogP contribution in [0.4, 0.5) is 0 Å².